The van der Waals surface area contributed by atoms with Crippen molar-refractivity contribution in [2.24, 2.45) is 0 Å². The van der Waals surface area contributed by atoms with E-state index in [2.05, 4.69) is 17.5 Å². The highest BCUT2D eigenvalue weighted by Crippen LogP contribution is 2.40. The second-order valence-corrected chi connectivity index (χ2v) is 4.67. The van der Waals surface area contributed by atoms with E-state index in [1.807, 2.05) is 12.1 Å². The van der Waals surface area contributed by atoms with Crippen molar-refractivity contribution in [2.75, 3.05) is 27.3 Å². The van der Waals surface area contributed by atoms with Gasteiger partial charge in [-0.2, -0.15) is 0 Å². The van der Waals surface area contributed by atoms with E-state index < -0.39 is 0 Å². The van der Waals surface area contributed by atoms with Gasteiger partial charge < -0.3 is 19.5 Å². The molecule has 1 fully saturated rings. The van der Waals surface area contributed by atoms with Crippen molar-refractivity contribution in [2.45, 2.75) is 12.0 Å². The fraction of sp³-hybridized carbons (Fsp3) is 0.429. The van der Waals surface area contributed by atoms with E-state index in [-0.39, 0.29) is 5.60 Å². The van der Waals surface area contributed by atoms with Crippen molar-refractivity contribution in [3.8, 4) is 17.2 Å². The lowest BCUT2D eigenvalue weighted by Gasteiger charge is -2.31. The lowest BCUT2D eigenvalue weighted by molar-refractivity contribution is 0.138. The summed E-state index contributed by atoms with van der Waals surface area (Å²) in [5, 5.41) is 3.33. The summed E-state index contributed by atoms with van der Waals surface area (Å²) in [6, 6.07) is 3.84. The van der Waals surface area contributed by atoms with Crippen LogP contribution in [-0.2, 0) is 0 Å². The summed E-state index contributed by atoms with van der Waals surface area (Å²) in [5.41, 5.74) is 0.845. The molecule has 1 atom stereocenters. The van der Waals surface area contributed by atoms with Gasteiger partial charge in [-0.25, -0.2) is 0 Å². The van der Waals surface area contributed by atoms with Crippen LogP contribution in [0.1, 0.15) is 12.0 Å². The van der Waals surface area contributed by atoms with E-state index >= 15 is 0 Å². The SMILES string of the molecule is COc1cc2c(cc1OC)OC1(C=C2)CCNC1. The first-order valence-corrected chi connectivity index (χ1v) is 6.11. The molecule has 0 saturated carbocycles. The Morgan fingerprint density at radius 1 is 1.22 bits per heavy atom. The van der Waals surface area contributed by atoms with Crippen LogP contribution in [0, 0.1) is 0 Å². The molecule has 0 aromatic heterocycles. The number of hydrogen-bond acceptors (Lipinski definition) is 4. The second kappa shape index (κ2) is 4.21. The topological polar surface area (TPSA) is 39.7 Å². The van der Waals surface area contributed by atoms with Crippen molar-refractivity contribution in [3.63, 3.8) is 0 Å². The van der Waals surface area contributed by atoms with E-state index in [0.29, 0.717) is 5.75 Å². The van der Waals surface area contributed by atoms with Crippen LogP contribution in [-0.4, -0.2) is 32.9 Å². The van der Waals surface area contributed by atoms with Gasteiger partial charge in [-0.1, -0.05) is 6.08 Å². The molecule has 4 nitrogen and oxygen atoms in total. The van der Waals surface area contributed by atoms with Crippen LogP contribution in [0.25, 0.3) is 6.08 Å². The molecule has 2 aliphatic rings. The number of nitrogens with one attached hydrogen (secondary N) is 1. The molecule has 4 heteroatoms. The Labute approximate surface area is 107 Å². The number of benzene rings is 1. The Kier molecular flexibility index (Phi) is 2.67. The van der Waals surface area contributed by atoms with E-state index in [9.17, 15) is 0 Å². The summed E-state index contributed by atoms with van der Waals surface area (Å²) in [5.74, 6) is 2.29. The van der Waals surface area contributed by atoms with Gasteiger partial charge in [-0.3, -0.25) is 0 Å². The molecular weight excluding hydrogens is 230 g/mol. The highest BCUT2D eigenvalue weighted by molar-refractivity contribution is 5.66. The quantitative estimate of drug-likeness (QED) is 0.865. The Hall–Kier alpha value is -1.68. The summed E-state index contributed by atoms with van der Waals surface area (Å²) in [6.45, 7) is 1.85. The zero-order valence-corrected chi connectivity index (χ0v) is 10.7. The molecule has 0 bridgehead atoms. The first kappa shape index (κ1) is 11.4. The average molecular weight is 247 g/mol. The summed E-state index contributed by atoms with van der Waals surface area (Å²) in [7, 11) is 3.27. The van der Waals surface area contributed by atoms with Gasteiger partial charge in [0.25, 0.3) is 0 Å². The molecule has 1 aromatic carbocycles. The van der Waals surface area contributed by atoms with Gasteiger partial charge in [0.1, 0.15) is 11.4 Å². The zero-order valence-electron chi connectivity index (χ0n) is 10.7. The minimum atomic E-state index is -0.188. The molecule has 96 valence electrons. The first-order valence-electron chi connectivity index (χ1n) is 6.11. The number of rotatable bonds is 2. The molecule has 2 heterocycles. The standard InChI is InChI=1S/C14H17NO3/c1-16-12-7-10-3-4-14(5-6-15-9-14)18-11(10)8-13(12)17-2/h3-4,7-8,15H,5-6,9H2,1-2H3. The Balaban J connectivity index is 2.00. The largest absolute Gasteiger partial charge is 0.493 e. The number of methoxy groups -OCH3 is 2. The zero-order chi connectivity index (χ0) is 12.6. The van der Waals surface area contributed by atoms with Crippen molar-refractivity contribution >= 4 is 6.08 Å². The van der Waals surface area contributed by atoms with Crippen molar-refractivity contribution < 1.29 is 14.2 Å². The number of fused-ring (bicyclic) bond motifs is 1. The number of hydrogen-bond donors (Lipinski definition) is 1. The van der Waals surface area contributed by atoms with E-state index in [1.165, 1.54) is 0 Å². The Bertz CT molecular complexity index is 490. The fourth-order valence-electron chi connectivity index (χ4n) is 2.51. The summed E-state index contributed by atoms with van der Waals surface area (Å²) in [4.78, 5) is 0. The Morgan fingerprint density at radius 2 is 2.00 bits per heavy atom. The van der Waals surface area contributed by atoms with Gasteiger partial charge in [0.2, 0.25) is 0 Å². The molecule has 1 saturated heterocycles. The minimum absolute atomic E-state index is 0.188. The molecule has 1 unspecified atom stereocenters. The van der Waals surface area contributed by atoms with Crippen LogP contribution in [0.5, 0.6) is 17.2 Å². The summed E-state index contributed by atoms with van der Waals surface area (Å²) < 4.78 is 16.7. The third kappa shape index (κ3) is 1.73. The van der Waals surface area contributed by atoms with Gasteiger partial charge in [0, 0.05) is 24.6 Å². The molecule has 0 aliphatic carbocycles. The normalized spacial score (nSPS) is 24.8. The molecular formula is C14H17NO3. The maximum absolute atomic E-state index is 6.14. The lowest BCUT2D eigenvalue weighted by Crippen LogP contribution is -2.37. The monoisotopic (exact) mass is 247 g/mol. The van der Waals surface area contributed by atoms with Gasteiger partial charge in [0.05, 0.1) is 14.2 Å². The molecule has 1 spiro atoms. The molecule has 3 rings (SSSR count). The van der Waals surface area contributed by atoms with Crippen LogP contribution < -0.4 is 19.5 Å². The van der Waals surface area contributed by atoms with Crippen molar-refractivity contribution in [1.82, 2.24) is 5.32 Å². The van der Waals surface area contributed by atoms with Crippen molar-refractivity contribution in [3.05, 3.63) is 23.8 Å². The number of ether oxygens (including phenoxy) is 3. The molecule has 1 aromatic rings. The summed E-state index contributed by atoms with van der Waals surface area (Å²) >= 11 is 0. The van der Waals surface area contributed by atoms with Crippen LogP contribution in [0.2, 0.25) is 0 Å². The van der Waals surface area contributed by atoms with E-state index in [4.69, 9.17) is 14.2 Å². The second-order valence-electron chi connectivity index (χ2n) is 4.67. The van der Waals surface area contributed by atoms with Crippen LogP contribution in [0.15, 0.2) is 18.2 Å². The van der Waals surface area contributed by atoms with Crippen LogP contribution in [0.3, 0.4) is 0 Å². The molecule has 0 amide bonds. The predicted octanol–water partition coefficient (Wildman–Crippen LogP) is 1.84. The molecule has 1 N–H and O–H groups in total. The first-order chi connectivity index (χ1) is 8.76. The maximum Gasteiger partial charge on any atom is 0.164 e. The highest BCUT2D eigenvalue weighted by Gasteiger charge is 2.36. The minimum Gasteiger partial charge on any atom is -0.493 e. The van der Waals surface area contributed by atoms with E-state index in [1.54, 1.807) is 14.2 Å². The third-order valence-electron chi connectivity index (χ3n) is 3.55. The fourth-order valence-corrected chi connectivity index (χ4v) is 2.51. The lowest BCUT2D eigenvalue weighted by atomic mass is 9.97. The Morgan fingerprint density at radius 3 is 2.67 bits per heavy atom. The van der Waals surface area contributed by atoms with E-state index in [0.717, 1.165) is 36.6 Å². The predicted molar refractivity (Wildman–Crippen MR) is 69.4 cm³/mol. The molecule has 0 radical (unpaired) electrons. The summed E-state index contributed by atoms with van der Waals surface area (Å²) in [6.07, 6.45) is 5.24. The van der Waals surface area contributed by atoms with Gasteiger partial charge in [0.15, 0.2) is 11.5 Å². The van der Waals surface area contributed by atoms with Crippen LogP contribution in [0.4, 0.5) is 0 Å². The average Bonchev–Trinajstić information content (AvgIpc) is 2.85. The van der Waals surface area contributed by atoms with Crippen molar-refractivity contribution in [1.29, 1.82) is 0 Å². The highest BCUT2D eigenvalue weighted by atomic mass is 16.5. The van der Waals surface area contributed by atoms with Crippen LogP contribution >= 0.6 is 0 Å². The van der Waals surface area contributed by atoms with Gasteiger partial charge in [-0.05, 0) is 18.7 Å². The third-order valence-corrected chi connectivity index (χ3v) is 3.55. The smallest absolute Gasteiger partial charge is 0.164 e. The van der Waals surface area contributed by atoms with Gasteiger partial charge in [-0.15, -0.1) is 0 Å². The molecule has 2 aliphatic heterocycles. The van der Waals surface area contributed by atoms with Gasteiger partial charge >= 0.3 is 0 Å². The molecule has 18 heavy (non-hydrogen) atoms. The maximum atomic E-state index is 6.14.